The van der Waals surface area contributed by atoms with Crippen LogP contribution in [0.4, 0.5) is 18.9 Å². The first-order chi connectivity index (χ1) is 14.9. The van der Waals surface area contributed by atoms with E-state index in [4.69, 9.17) is 0 Å². The van der Waals surface area contributed by atoms with E-state index in [-0.39, 0.29) is 4.90 Å². The normalized spacial score (nSPS) is 20.5. The number of halogens is 3. The van der Waals surface area contributed by atoms with Crippen LogP contribution in [-0.2, 0) is 16.0 Å². The molecule has 3 rings (SSSR count). The summed E-state index contributed by atoms with van der Waals surface area (Å²) < 4.78 is 65.6. The lowest BCUT2D eigenvalue weighted by Gasteiger charge is -2.39. The Morgan fingerprint density at radius 2 is 1.53 bits per heavy atom. The second-order valence-electron chi connectivity index (χ2n) is 10.1. The zero-order valence-electron chi connectivity index (χ0n) is 19.7. The fourth-order valence-electron chi connectivity index (χ4n) is 4.91. The largest absolute Gasteiger partial charge is 0.416 e. The molecule has 1 aromatic rings. The molecule has 0 saturated carbocycles. The first-order valence-corrected chi connectivity index (χ1v) is 13.4. The number of sulfone groups is 1. The SMILES string of the molecule is CC(C)C1CCN(CC2CCN(c3cc(C(F)(F)F)cc(S(=O)(=O)C(C)C)c3)CC2)CC1. The average molecular weight is 475 g/mol. The van der Waals surface area contributed by atoms with Crippen LogP contribution in [0.15, 0.2) is 23.1 Å². The molecule has 2 aliphatic rings. The van der Waals surface area contributed by atoms with E-state index in [1.807, 2.05) is 4.90 Å². The molecule has 0 aromatic heterocycles. The van der Waals surface area contributed by atoms with E-state index in [0.717, 1.165) is 56.4 Å². The highest BCUT2D eigenvalue weighted by atomic mass is 32.2. The molecular weight excluding hydrogens is 437 g/mol. The van der Waals surface area contributed by atoms with Gasteiger partial charge in [0, 0.05) is 25.3 Å². The fraction of sp³-hybridized carbons (Fsp3) is 0.750. The number of alkyl halides is 3. The number of hydrogen-bond acceptors (Lipinski definition) is 4. The van der Waals surface area contributed by atoms with E-state index < -0.39 is 26.8 Å². The number of hydrogen-bond donors (Lipinski definition) is 0. The van der Waals surface area contributed by atoms with Crippen molar-refractivity contribution < 1.29 is 21.6 Å². The first kappa shape index (κ1) is 25.3. The van der Waals surface area contributed by atoms with Gasteiger partial charge >= 0.3 is 6.18 Å². The Morgan fingerprint density at radius 1 is 0.938 bits per heavy atom. The lowest BCUT2D eigenvalue weighted by Crippen LogP contribution is -2.42. The summed E-state index contributed by atoms with van der Waals surface area (Å²) >= 11 is 0. The minimum absolute atomic E-state index is 0.243. The summed E-state index contributed by atoms with van der Waals surface area (Å²) in [5, 5.41) is -0.774. The molecule has 0 unspecified atom stereocenters. The predicted octanol–water partition coefficient (Wildman–Crippen LogP) is 5.47. The Bertz CT molecular complexity index is 868. The van der Waals surface area contributed by atoms with E-state index in [2.05, 4.69) is 18.7 Å². The molecule has 0 spiro atoms. The molecule has 8 heteroatoms. The number of rotatable bonds is 6. The van der Waals surface area contributed by atoms with Crippen molar-refractivity contribution in [2.45, 2.75) is 69.7 Å². The molecule has 32 heavy (non-hydrogen) atoms. The molecular formula is C24H37F3N2O2S. The van der Waals surface area contributed by atoms with Gasteiger partial charge in [0.15, 0.2) is 9.84 Å². The van der Waals surface area contributed by atoms with Crippen LogP contribution in [0.3, 0.4) is 0 Å². The first-order valence-electron chi connectivity index (χ1n) is 11.8. The highest BCUT2D eigenvalue weighted by Gasteiger charge is 2.34. The van der Waals surface area contributed by atoms with E-state index >= 15 is 0 Å². The zero-order chi connectivity index (χ0) is 23.7. The minimum Gasteiger partial charge on any atom is -0.371 e. The number of nitrogens with zero attached hydrogens (tertiary/aromatic N) is 2. The third-order valence-electron chi connectivity index (χ3n) is 7.24. The Hall–Kier alpha value is -1.28. The topological polar surface area (TPSA) is 40.6 Å². The van der Waals surface area contributed by atoms with Crippen molar-refractivity contribution in [3.63, 3.8) is 0 Å². The highest BCUT2D eigenvalue weighted by molar-refractivity contribution is 7.92. The van der Waals surface area contributed by atoms with Gasteiger partial charge in [0.2, 0.25) is 0 Å². The van der Waals surface area contributed by atoms with Crippen LogP contribution in [0.2, 0.25) is 0 Å². The molecule has 2 aliphatic heterocycles. The number of piperidine rings is 2. The quantitative estimate of drug-likeness (QED) is 0.548. The van der Waals surface area contributed by atoms with E-state index in [0.29, 0.717) is 24.7 Å². The third-order valence-corrected chi connectivity index (χ3v) is 9.37. The van der Waals surface area contributed by atoms with Gasteiger partial charge in [0.05, 0.1) is 15.7 Å². The van der Waals surface area contributed by atoms with Crippen LogP contribution in [0, 0.1) is 17.8 Å². The van der Waals surface area contributed by atoms with Gasteiger partial charge in [-0.3, -0.25) is 0 Å². The van der Waals surface area contributed by atoms with Gasteiger partial charge in [-0.1, -0.05) is 13.8 Å². The number of benzene rings is 1. The molecule has 0 bridgehead atoms. The molecule has 2 fully saturated rings. The van der Waals surface area contributed by atoms with Gasteiger partial charge < -0.3 is 9.80 Å². The van der Waals surface area contributed by atoms with Crippen LogP contribution < -0.4 is 4.90 Å². The number of likely N-dealkylation sites (tertiary alicyclic amines) is 1. The van der Waals surface area contributed by atoms with Crippen molar-refractivity contribution in [1.82, 2.24) is 4.90 Å². The van der Waals surface area contributed by atoms with E-state index in [9.17, 15) is 21.6 Å². The fourth-order valence-corrected chi connectivity index (χ4v) is 6.03. The van der Waals surface area contributed by atoms with Crippen molar-refractivity contribution in [3.8, 4) is 0 Å². The van der Waals surface area contributed by atoms with Crippen molar-refractivity contribution in [1.29, 1.82) is 0 Å². The van der Waals surface area contributed by atoms with Gasteiger partial charge in [-0.2, -0.15) is 13.2 Å². The highest BCUT2D eigenvalue weighted by Crippen LogP contribution is 2.36. The minimum atomic E-state index is -4.59. The van der Waals surface area contributed by atoms with Gasteiger partial charge in [-0.15, -0.1) is 0 Å². The lowest BCUT2D eigenvalue weighted by molar-refractivity contribution is -0.137. The molecule has 4 nitrogen and oxygen atoms in total. The smallest absolute Gasteiger partial charge is 0.371 e. The standard InChI is InChI=1S/C24H37F3N2O2S/c1-17(2)20-7-9-28(10-8-20)16-19-5-11-29(12-6-19)22-13-21(24(25,26)27)14-23(15-22)32(30,31)18(3)4/h13-15,17-20H,5-12,16H2,1-4H3. The van der Waals surface area contributed by atoms with Crippen LogP contribution in [0.25, 0.3) is 0 Å². The lowest BCUT2D eigenvalue weighted by atomic mass is 9.86. The second-order valence-corrected chi connectivity index (χ2v) is 12.6. The average Bonchev–Trinajstić information content (AvgIpc) is 2.73. The van der Waals surface area contributed by atoms with Crippen LogP contribution in [0.5, 0.6) is 0 Å². The monoisotopic (exact) mass is 474 g/mol. The van der Waals surface area contributed by atoms with Gasteiger partial charge in [-0.25, -0.2) is 8.42 Å². The van der Waals surface area contributed by atoms with Crippen LogP contribution >= 0.6 is 0 Å². The van der Waals surface area contributed by atoms with Gasteiger partial charge in [0.1, 0.15) is 0 Å². The maximum Gasteiger partial charge on any atom is 0.416 e. The molecule has 0 amide bonds. The van der Waals surface area contributed by atoms with E-state index in [1.54, 1.807) is 0 Å². The van der Waals surface area contributed by atoms with Crippen LogP contribution in [0.1, 0.15) is 58.9 Å². The summed E-state index contributed by atoms with van der Waals surface area (Å²) in [6, 6.07) is 3.28. The third kappa shape index (κ3) is 5.99. The molecule has 0 aliphatic carbocycles. The summed E-state index contributed by atoms with van der Waals surface area (Å²) in [5.74, 6) is 2.08. The van der Waals surface area contributed by atoms with Crippen molar-refractivity contribution in [2.75, 3.05) is 37.6 Å². The van der Waals surface area contributed by atoms with Gasteiger partial charge in [-0.05, 0) is 88.6 Å². The second kappa shape index (κ2) is 9.92. The Kier molecular flexibility index (Phi) is 7.85. The Labute approximate surface area is 191 Å². The number of anilines is 1. The molecule has 2 heterocycles. The molecule has 0 radical (unpaired) electrons. The van der Waals surface area contributed by atoms with E-state index in [1.165, 1.54) is 32.8 Å². The Balaban J connectivity index is 1.67. The molecule has 1 aromatic carbocycles. The summed E-state index contributed by atoms with van der Waals surface area (Å²) in [5.41, 5.74) is -0.542. The molecule has 0 atom stereocenters. The maximum absolute atomic E-state index is 13.5. The predicted molar refractivity (Wildman–Crippen MR) is 123 cm³/mol. The summed E-state index contributed by atoms with van der Waals surface area (Å²) in [4.78, 5) is 4.21. The summed E-state index contributed by atoms with van der Waals surface area (Å²) in [6.07, 6.45) is -0.279. The van der Waals surface area contributed by atoms with Crippen molar-refractivity contribution >= 4 is 15.5 Å². The molecule has 0 N–H and O–H groups in total. The van der Waals surface area contributed by atoms with Gasteiger partial charge in [0.25, 0.3) is 0 Å². The van der Waals surface area contributed by atoms with Crippen molar-refractivity contribution in [3.05, 3.63) is 23.8 Å². The Morgan fingerprint density at radius 3 is 2.03 bits per heavy atom. The molecule has 182 valence electrons. The summed E-state index contributed by atoms with van der Waals surface area (Å²) in [6.45, 7) is 12.2. The zero-order valence-corrected chi connectivity index (χ0v) is 20.5. The maximum atomic E-state index is 13.5. The van der Waals surface area contributed by atoms with Crippen LogP contribution in [-0.4, -0.2) is 51.3 Å². The molecule has 2 saturated heterocycles. The summed E-state index contributed by atoms with van der Waals surface area (Å²) in [7, 11) is -3.79. The van der Waals surface area contributed by atoms with Crippen molar-refractivity contribution in [2.24, 2.45) is 17.8 Å².